The fourth-order valence-electron chi connectivity index (χ4n) is 3.09. The van der Waals surface area contributed by atoms with Crippen LogP contribution in [-0.2, 0) is 4.79 Å². The Hall–Kier alpha value is -3.35. The van der Waals surface area contributed by atoms with Crippen molar-refractivity contribution in [3.05, 3.63) is 64.7 Å². The van der Waals surface area contributed by atoms with E-state index in [0.717, 1.165) is 21.8 Å². The number of amides is 1. The van der Waals surface area contributed by atoms with Crippen LogP contribution in [0.15, 0.2) is 53.0 Å². The van der Waals surface area contributed by atoms with Gasteiger partial charge in [0.05, 0.1) is 16.2 Å². The number of nitrogens with zero attached hydrogens (tertiary/aromatic N) is 4. The molecular weight excluding hydrogens is 416 g/mol. The molecule has 0 saturated carbocycles. The minimum Gasteiger partial charge on any atom is -0.310 e. The van der Waals surface area contributed by atoms with Crippen molar-refractivity contribution in [2.24, 2.45) is 0 Å². The molecule has 2 N–H and O–H groups in total. The standard InChI is InChI=1S/C21H18N6OS2/c1-13-14(2)27(15-7-4-3-5-8-15)20(16(13)11-22)23-18(28)12-30-21-24-19(25-26-21)17-9-6-10-29-17/h3-10H,12H2,1-2H3,(H,23,28)(H,24,25,26). The molecule has 1 aromatic carbocycles. The highest BCUT2D eigenvalue weighted by atomic mass is 32.2. The summed E-state index contributed by atoms with van der Waals surface area (Å²) in [4.78, 5) is 18.1. The number of benzene rings is 1. The third kappa shape index (κ3) is 3.87. The molecule has 0 saturated heterocycles. The number of carbonyl (C=O) groups excluding carboxylic acids is 1. The Morgan fingerprint density at radius 1 is 1.27 bits per heavy atom. The van der Waals surface area contributed by atoms with Crippen molar-refractivity contribution in [3.63, 3.8) is 0 Å². The van der Waals surface area contributed by atoms with Crippen molar-refractivity contribution in [2.75, 3.05) is 11.1 Å². The number of rotatable bonds is 6. The van der Waals surface area contributed by atoms with Gasteiger partial charge in [0.1, 0.15) is 11.9 Å². The summed E-state index contributed by atoms with van der Waals surface area (Å²) in [6.07, 6.45) is 0. The van der Waals surface area contributed by atoms with E-state index in [0.29, 0.717) is 22.4 Å². The van der Waals surface area contributed by atoms with Crippen LogP contribution in [0, 0.1) is 25.2 Å². The van der Waals surface area contributed by atoms with Gasteiger partial charge in [-0.3, -0.25) is 14.5 Å². The van der Waals surface area contributed by atoms with Gasteiger partial charge in [0.25, 0.3) is 0 Å². The van der Waals surface area contributed by atoms with Crippen LogP contribution >= 0.6 is 23.1 Å². The largest absolute Gasteiger partial charge is 0.310 e. The number of aromatic nitrogens is 4. The number of nitrogens with one attached hydrogen (secondary N) is 2. The van der Waals surface area contributed by atoms with E-state index in [4.69, 9.17) is 0 Å². The number of H-pyrrole nitrogens is 1. The summed E-state index contributed by atoms with van der Waals surface area (Å²) in [7, 11) is 0. The molecule has 0 aliphatic heterocycles. The molecule has 4 aromatic rings. The lowest BCUT2D eigenvalue weighted by atomic mass is 10.2. The van der Waals surface area contributed by atoms with Gasteiger partial charge in [-0.25, -0.2) is 4.98 Å². The van der Waals surface area contributed by atoms with E-state index >= 15 is 0 Å². The number of hydrogen-bond acceptors (Lipinski definition) is 6. The van der Waals surface area contributed by atoms with Gasteiger partial charge in [-0.1, -0.05) is 36.0 Å². The fraction of sp³-hybridized carbons (Fsp3) is 0.143. The summed E-state index contributed by atoms with van der Waals surface area (Å²) in [5, 5.41) is 22.1. The van der Waals surface area contributed by atoms with E-state index in [1.165, 1.54) is 11.8 Å². The van der Waals surface area contributed by atoms with Gasteiger partial charge in [-0.05, 0) is 43.0 Å². The minimum atomic E-state index is -0.228. The van der Waals surface area contributed by atoms with Crippen molar-refractivity contribution in [3.8, 4) is 22.5 Å². The van der Waals surface area contributed by atoms with Crippen LogP contribution in [0.5, 0.6) is 0 Å². The first-order valence-corrected chi connectivity index (χ1v) is 11.0. The lowest BCUT2D eigenvalue weighted by Gasteiger charge is -2.12. The van der Waals surface area contributed by atoms with Crippen LogP contribution in [0.25, 0.3) is 16.4 Å². The first kappa shape index (κ1) is 19.9. The van der Waals surface area contributed by atoms with Gasteiger partial charge in [-0.15, -0.1) is 16.4 Å². The zero-order chi connectivity index (χ0) is 21.1. The van der Waals surface area contributed by atoms with Crippen LogP contribution in [0.2, 0.25) is 0 Å². The Balaban J connectivity index is 1.52. The maximum absolute atomic E-state index is 12.7. The van der Waals surface area contributed by atoms with Crippen molar-refractivity contribution < 1.29 is 4.79 Å². The minimum absolute atomic E-state index is 0.130. The highest BCUT2D eigenvalue weighted by Gasteiger charge is 2.21. The normalized spacial score (nSPS) is 10.7. The van der Waals surface area contributed by atoms with Crippen LogP contribution in [0.3, 0.4) is 0 Å². The quantitative estimate of drug-likeness (QED) is 0.434. The Kier molecular flexibility index (Phi) is 5.70. The molecule has 0 atom stereocenters. The van der Waals surface area contributed by atoms with E-state index in [9.17, 15) is 10.1 Å². The van der Waals surface area contributed by atoms with E-state index in [1.807, 2.05) is 66.3 Å². The summed E-state index contributed by atoms with van der Waals surface area (Å²) in [5.41, 5.74) is 3.11. The molecule has 0 unspecified atom stereocenters. The maximum atomic E-state index is 12.7. The number of anilines is 1. The predicted molar refractivity (Wildman–Crippen MR) is 119 cm³/mol. The van der Waals surface area contributed by atoms with Gasteiger partial charge >= 0.3 is 0 Å². The number of nitriles is 1. The third-order valence-electron chi connectivity index (χ3n) is 4.65. The van der Waals surface area contributed by atoms with Gasteiger partial charge in [0.15, 0.2) is 5.82 Å². The molecule has 0 aliphatic carbocycles. The lowest BCUT2D eigenvalue weighted by molar-refractivity contribution is -0.113. The van der Waals surface area contributed by atoms with Crippen molar-refractivity contribution in [1.29, 1.82) is 5.26 Å². The number of aromatic amines is 1. The molecule has 4 rings (SSSR count). The fourth-order valence-corrected chi connectivity index (χ4v) is 4.36. The second kappa shape index (κ2) is 8.57. The van der Waals surface area contributed by atoms with Crippen LogP contribution in [0.4, 0.5) is 5.82 Å². The molecule has 150 valence electrons. The van der Waals surface area contributed by atoms with Crippen LogP contribution in [0.1, 0.15) is 16.8 Å². The average Bonchev–Trinajstić information content (AvgIpc) is 3.48. The third-order valence-corrected chi connectivity index (χ3v) is 6.37. The topological polar surface area (TPSA) is 99.4 Å². The zero-order valence-electron chi connectivity index (χ0n) is 16.3. The first-order chi connectivity index (χ1) is 14.6. The zero-order valence-corrected chi connectivity index (χ0v) is 18.0. The van der Waals surface area contributed by atoms with Gasteiger partial charge in [0, 0.05) is 11.4 Å². The van der Waals surface area contributed by atoms with E-state index in [2.05, 4.69) is 26.6 Å². The number of thioether (sulfide) groups is 1. The lowest BCUT2D eigenvalue weighted by Crippen LogP contribution is -2.17. The average molecular weight is 435 g/mol. The van der Waals surface area contributed by atoms with E-state index in [-0.39, 0.29) is 11.7 Å². The number of para-hydroxylation sites is 1. The van der Waals surface area contributed by atoms with Crippen molar-refractivity contribution in [1.82, 2.24) is 19.7 Å². The highest BCUT2D eigenvalue weighted by Crippen LogP contribution is 2.30. The molecular formula is C21H18N6OS2. The highest BCUT2D eigenvalue weighted by molar-refractivity contribution is 7.99. The van der Waals surface area contributed by atoms with E-state index < -0.39 is 0 Å². The van der Waals surface area contributed by atoms with Gasteiger partial charge < -0.3 is 5.32 Å². The van der Waals surface area contributed by atoms with Crippen LogP contribution < -0.4 is 5.32 Å². The Morgan fingerprint density at radius 2 is 2.07 bits per heavy atom. The second-order valence-corrected chi connectivity index (χ2v) is 8.39. The first-order valence-electron chi connectivity index (χ1n) is 9.15. The molecule has 0 radical (unpaired) electrons. The summed E-state index contributed by atoms with van der Waals surface area (Å²) in [6.45, 7) is 3.82. The Bertz CT molecular complexity index is 1220. The summed E-state index contributed by atoms with van der Waals surface area (Å²) >= 11 is 2.81. The molecule has 0 spiro atoms. The monoisotopic (exact) mass is 434 g/mol. The molecule has 7 nitrogen and oxygen atoms in total. The smallest absolute Gasteiger partial charge is 0.236 e. The van der Waals surface area contributed by atoms with Gasteiger partial charge in [0.2, 0.25) is 11.1 Å². The summed E-state index contributed by atoms with van der Waals surface area (Å²) in [6, 6.07) is 15.8. The van der Waals surface area contributed by atoms with Crippen LogP contribution in [-0.4, -0.2) is 31.4 Å². The summed E-state index contributed by atoms with van der Waals surface area (Å²) in [5.74, 6) is 1.07. The SMILES string of the molecule is Cc1c(C#N)c(NC(=O)CSc2n[nH]c(-c3cccs3)n2)n(-c2ccccc2)c1C. The van der Waals surface area contributed by atoms with E-state index in [1.54, 1.807) is 11.3 Å². The number of hydrogen-bond donors (Lipinski definition) is 2. The predicted octanol–water partition coefficient (Wildman–Crippen LogP) is 4.54. The molecule has 3 aromatic heterocycles. The van der Waals surface area contributed by atoms with Gasteiger partial charge in [-0.2, -0.15) is 5.26 Å². The molecule has 0 bridgehead atoms. The molecule has 1 amide bonds. The Labute approximate surface area is 181 Å². The molecule has 0 aliphatic rings. The molecule has 0 fully saturated rings. The maximum Gasteiger partial charge on any atom is 0.236 e. The molecule has 3 heterocycles. The molecule has 30 heavy (non-hydrogen) atoms. The second-order valence-electron chi connectivity index (χ2n) is 6.50. The number of carbonyl (C=O) groups is 1. The van der Waals surface area contributed by atoms with Crippen molar-refractivity contribution >= 4 is 34.8 Å². The summed E-state index contributed by atoms with van der Waals surface area (Å²) < 4.78 is 1.90. The van der Waals surface area contributed by atoms with Crippen molar-refractivity contribution in [2.45, 2.75) is 19.0 Å². The Morgan fingerprint density at radius 3 is 2.77 bits per heavy atom. The molecule has 9 heteroatoms. The number of thiophene rings is 1.